The summed E-state index contributed by atoms with van der Waals surface area (Å²) in [5.74, 6) is -0.697. The zero-order chi connectivity index (χ0) is 36.7. The fraction of sp³-hybridized carbons (Fsp3) is 0.805. The number of carbonyl (C=O) groups is 2. The number of allylic oxidation sites excluding steroid dienone is 3. The van der Waals surface area contributed by atoms with Crippen molar-refractivity contribution < 1.29 is 39.5 Å². The van der Waals surface area contributed by atoms with E-state index in [0.717, 1.165) is 37.7 Å². The third kappa shape index (κ3) is 5.03. The molecule has 0 radical (unpaired) electrons. The minimum Gasteiger partial charge on any atom is -0.454 e. The molecular formula is C41H64O8. The lowest BCUT2D eigenvalue weighted by Gasteiger charge is -2.73. The van der Waals surface area contributed by atoms with E-state index in [1.807, 2.05) is 13.8 Å². The number of aliphatic hydroxyl groups is 4. The molecule has 13 atom stereocenters. The lowest BCUT2D eigenvalue weighted by molar-refractivity contribution is -0.292. The van der Waals surface area contributed by atoms with Crippen LogP contribution in [0.2, 0.25) is 0 Å². The van der Waals surface area contributed by atoms with Gasteiger partial charge in [0.05, 0.1) is 24.2 Å². The van der Waals surface area contributed by atoms with Crippen LogP contribution in [0.4, 0.5) is 0 Å². The average Bonchev–Trinajstić information content (AvgIpc) is 3.06. The minimum absolute atomic E-state index is 0.0733. The first-order chi connectivity index (χ1) is 22.7. The molecule has 0 aromatic carbocycles. The Balaban J connectivity index is 1.69. The van der Waals surface area contributed by atoms with E-state index in [9.17, 15) is 30.0 Å². The Bertz CT molecular complexity index is 1430. The molecule has 4 saturated carbocycles. The van der Waals surface area contributed by atoms with Crippen molar-refractivity contribution in [1.82, 2.24) is 0 Å². The summed E-state index contributed by atoms with van der Waals surface area (Å²) in [5.41, 5.74) is -2.01. The van der Waals surface area contributed by atoms with Crippen LogP contribution in [0, 0.1) is 56.2 Å². The molecular weight excluding hydrogens is 620 g/mol. The summed E-state index contributed by atoms with van der Waals surface area (Å²) in [7, 11) is 0. The van der Waals surface area contributed by atoms with E-state index in [-0.39, 0.29) is 23.4 Å². The van der Waals surface area contributed by atoms with Gasteiger partial charge in [-0.05, 0) is 106 Å². The molecule has 4 N–H and O–H groups in total. The van der Waals surface area contributed by atoms with Gasteiger partial charge in [-0.1, -0.05) is 72.3 Å². The van der Waals surface area contributed by atoms with Gasteiger partial charge < -0.3 is 29.9 Å². The Morgan fingerprint density at radius 1 is 0.837 bits per heavy atom. The van der Waals surface area contributed by atoms with E-state index in [1.54, 1.807) is 39.8 Å². The molecule has 0 amide bonds. The quantitative estimate of drug-likeness (QED) is 0.146. The molecule has 0 aromatic rings. The summed E-state index contributed by atoms with van der Waals surface area (Å²) in [5, 5.41) is 47.6. The molecule has 5 rings (SSSR count). The maximum Gasteiger partial charge on any atom is 0.333 e. The lowest BCUT2D eigenvalue weighted by atomic mass is 9.32. The predicted molar refractivity (Wildman–Crippen MR) is 189 cm³/mol. The molecule has 0 heterocycles. The smallest absolute Gasteiger partial charge is 0.333 e. The van der Waals surface area contributed by atoms with E-state index in [4.69, 9.17) is 9.47 Å². The van der Waals surface area contributed by atoms with E-state index >= 15 is 0 Å². The zero-order valence-electron chi connectivity index (χ0n) is 31.9. The van der Waals surface area contributed by atoms with Crippen LogP contribution in [0.5, 0.6) is 0 Å². The molecule has 0 bridgehead atoms. The van der Waals surface area contributed by atoms with Gasteiger partial charge in [0.2, 0.25) is 0 Å². The Morgan fingerprint density at radius 2 is 1.41 bits per heavy atom. The molecule has 0 saturated heterocycles. The van der Waals surface area contributed by atoms with Crippen LogP contribution in [0.1, 0.15) is 115 Å². The summed E-state index contributed by atoms with van der Waals surface area (Å²) in [6, 6.07) is 0. The van der Waals surface area contributed by atoms with Gasteiger partial charge in [0.1, 0.15) is 6.10 Å². The van der Waals surface area contributed by atoms with Gasteiger partial charge in [-0.25, -0.2) is 9.59 Å². The number of hydrogen-bond donors (Lipinski definition) is 4. The van der Waals surface area contributed by atoms with Crippen molar-refractivity contribution in [2.24, 2.45) is 56.2 Å². The summed E-state index contributed by atoms with van der Waals surface area (Å²) >= 11 is 0. The van der Waals surface area contributed by atoms with Crippen molar-refractivity contribution >= 4 is 11.9 Å². The molecule has 5 aliphatic carbocycles. The minimum atomic E-state index is -1.53. The molecule has 5 aliphatic rings. The second kappa shape index (κ2) is 12.6. The number of aliphatic hydroxyl groups excluding tert-OH is 4. The summed E-state index contributed by atoms with van der Waals surface area (Å²) < 4.78 is 12.5. The molecule has 8 nitrogen and oxygen atoms in total. The Morgan fingerprint density at radius 3 is 1.94 bits per heavy atom. The standard InChI is InChI=1S/C41H64O8/c1-12-23(3)34(46)48-32-33(49-35(47)24(4)13-2)41(22-43)27(20-36(32,6)7)26-14-15-29-37(8)18-16-25(5)38(9,21-42)28(37)17-19-39(29,10)40(26,11)30(44)31(41)45/h12-14,25,27-33,42-45H,15-22H2,1-11H3/b23-12-,24-13-/t25-,27?,28?,29?,30-,31+,32-,33-,37-,38-,39+,40-,41-/m0/s1. The number of carbonyl (C=O) groups excluding carboxylic acids is 2. The van der Waals surface area contributed by atoms with Crippen LogP contribution >= 0.6 is 0 Å². The highest BCUT2D eigenvalue weighted by Crippen LogP contribution is 2.76. The van der Waals surface area contributed by atoms with Crippen LogP contribution in [0.3, 0.4) is 0 Å². The highest BCUT2D eigenvalue weighted by Gasteiger charge is 2.76. The van der Waals surface area contributed by atoms with Gasteiger partial charge in [0.15, 0.2) is 6.10 Å². The third-order valence-corrected chi connectivity index (χ3v) is 16.1. The van der Waals surface area contributed by atoms with Gasteiger partial charge in [-0.15, -0.1) is 0 Å². The van der Waals surface area contributed by atoms with Crippen molar-refractivity contribution in [3.63, 3.8) is 0 Å². The van der Waals surface area contributed by atoms with Crippen molar-refractivity contribution in [2.45, 2.75) is 139 Å². The molecule has 3 unspecified atom stereocenters. The highest BCUT2D eigenvalue weighted by molar-refractivity contribution is 5.88. The zero-order valence-corrected chi connectivity index (χ0v) is 31.9. The highest BCUT2D eigenvalue weighted by atomic mass is 16.6. The Kier molecular flexibility index (Phi) is 9.83. The first kappa shape index (κ1) is 38.2. The van der Waals surface area contributed by atoms with Gasteiger partial charge in [-0.3, -0.25) is 0 Å². The van der Waals surface area contributed by atoms with Gasteiger partial charge >= 0.3 is 11.9 Å². The second-order valence-electron chi connectivity index (χ2n) is 18.3. The Labute approximate surface area is 294 Å². The topological polar surface area (TPSA) is 134 Å². The van der Waals surface area contributed by atoms with Gasteiger partial charge in [0.25, 0.3) is 0 Å². The number of hydrogen-bond acceptors (Lipinski definition) is 8. The third-order valence-electron chi connectivity index (χ3n) is 16.1. The summed E-state index contributed by atoms with van der Waals surface area (Å²) in [6.07, 6.45) is 5.64. The molecule has 0 aromatic heterocycles. The van der Waals surface area contributed by atoms with Crippen LogP contribution in [0.15, 0.2) is 34.9 Å². The van der Waals surface area contributed by atoms with Crippen molar-refractivity contribution in [3.8, 4) is 0 Å². The van der Waals surface area contributed by atoms with Gasteiger partial charge in [-0.2, -0.15) is 0 Å². The van der Waals surface area contributed by atoms with Crippen LogP contribution in [-0.4, -0.2) is 70.0 Å². The summed E-state index contributed by atoms with van der Waals surface area (Å²) in [6.45, 7) is 21.7. The van der Waals surface area contributed by atoms with Crippen molar-refractivity contribution in [2.75, 3.05) is 13.2 Å². The molecule has 49 heavy (non-hydrogen) atoms. The molecule has 0 aliphatic heterocycles. The molecule has 8 heteroatoms. The van der Waals surface area contributed by atoms with E-state index < -0.39 is 70.5 Å². The number of rotatable bonds is 6. The first-order valence-corrected chi connectivity index (χ1v) is 18.7. The number of esters is 2. The van der Waals surface area contributed by atoms with Crippen LogP contribution in [-0.2, 0) is 19.1 Å². The summed E-state index contributed by atoms with van der Waals surface area (Å²) in [4.78, 5) is 26.9. The normalized spacial score (nSPS) is 47.9. The van der Waals surface area contributed by atoms with E-state index in [0.29, 0.717) is 29.4 Å². The number of ether oxygens (including phenoxy) is 2. The fourth-order valence-electron chi connectivity index (χ4n) is 12.2. The maximum absolute atomic E-state index is 13.5. The SMILES string of the molecule is C/C=C(/C)C(=O)O[C@H]1[C@H](OC(=O)/C(C)=C\C)[C@@]2(CO)C(CC1(C)C)C1=CCC3[C@@]4(C)CC[C@H](C)[C@](C)(CO)C4CC[C@@]3(C)[C@]1(C)[C@@H](O)[C@H]2O. The first-order valence-electron chi connectivity index (χ1n) is 18.7. The monoisotopic (exact) mass is 684 g/mol. The largest absolute Gasteiger partial charge is 0.454 e. The van der Waals surface area contributed by atoms with Crippen molar-refractivity contribution in [3.05, 3.63) is 34.9 Å². The molecule has 276 valence electrons. The lowest BCUT2D eigenvalue weighted by Crippen LogP contribution is -2.76. The maximum atomic E-state index is 13.5. The second-order valence-corrected chi connectivity index (χ2v) is 18.3. The van der Waals surface area contributed by atoms with Crippen LogP contribution < -0.4 is 0 Å². The van der Waals surface area contributed by atoms with Gasteiger partial charge in [0, 0.05) is 28.6 Å². The average molecular weight is 685 g/mol. The van der Waals surface area contributed by atoms with E-state index in [1.165, 1.54) is 0 Å². The number of fused-ring (bicyclic) bond motifs is 7. The Hall–Kier alpha value is -2.00. The van der Waals surface area contributed by atoms with E-state index in [2.05, 4.69) is 40.7 Å². The molecule has 4 fully saturated rings. The predicted octanol–water partition coefficient (Wildman–Crippen LogP) is 6.31. The molecule has 0 spiro atoms. The fourth-order valence-corrected chi connectivity index (χ4v) is 12.2. The van der Waals surface area contributed by atoms with Crippen molar-refractivity contribution in [1.29, 1.82) is 0 Å². The van der Waals surface area contributed by atoms with Crippen LogP contribution in [0.25, 0.3) is 0 Å².